The van der Waals surface area contributed by atoms with Gasteiger partial charge in [-0.25, -0.2) is 4.98 Å². The van der Waals surface area contributed by atoms with Gasteiger partial charge < -0.3 is 9.67 Å². The van der Waals surface area contributed by atoms with Crippen LogP contribution in [0.15, 0.2) is 36.7 Å². The molecule has 0 aliphatic rings. The third-order valence-corrected chi connectivity index (χ3v) is 2.34. The van der Waals surface area contributed by atoms with Crippen molar-refractivity contribution in [3.63, 3.8) is 0 Å². The molecule has 1 aromatic carbocycles. The maximum absolute atomic E-state index is 14.0. The lowest BCUT2D eigenvalue weighted by atomic mass is 10.1. The van der Waals surface area contributed by atoms with Gasteiger partial charge in [0.15, 0.2) is 5.82 Å². The van der Waals surface area contributed by atoms with Crippen LogP contribution in [0.25, 0.3) is 0 Å². The Kier molecular flexibility index (Phi) is 2.38. The normalized spacial score (nSPS) is 11.7. The first-order valence-corrected chi connectivity index (χ1v) is 4.67. The summed E-state index contributed by atoms with van der Waals surface area (Å²) < 4.78 is 29.2. The van der Waals surface area contributed by atoms with E-state index in [9.17, 15) is 13.9 Å². The minimum Gasteiger partial charge on any atom is -0.507 e. The van der Waals surface area contributed by atoms with Crippen molar-refractivity contribution in [2.24, 2.45) is 7.05 Å². The van der Waals surface area contributed by atoms with E-state index in [1.807, 2.05) is 0 Å². The Morgan fingerprint density at radius 1 is 1.31 bits per heavy atom. The number of aryl methyl sites for hydroxylation is 1. The number of imidazole rings is 1. The fraction of sp³-hybridized carbons (Fsp3) is 0.182. The van der Waals surface area contributed by atoms with Crippen molar-refractivity contribution in [3.8, 4) is 5.75 Å². The lowest BCUT2D eigenvalue weighted by Crippen LogP contribution is -2.20. The monoisotopic (exact) mass is 224 g/mol. The Balaban J connectivity index is 2.55. The van der Waals surface area contributed by atoms with Crippen molar-refractivity contribution in [2.45, 2.75) is 5.92 Å². The summed E-state index contributed by atoms with van der Waals surface area (Å²) in [6.45, 7) is 0. The lowest BCUT2D eigenvalue weighted by molar-refractivity contribution is 0.0276. The van der Waals surface area contributed by atoms with Crippen LogP contribution in [0.5, 0.6) is 5.75 Å². The van der Waals surface area contributed by atoms with Crippen LogP contribution >= 0.6 is 0 Å². The molecular weight excluding hydrogens is 214 g/mol. The molecule has 0 fully saturated rings. The van der Waals surface area contributed by atoms with Gasteiger partial charge in [0.25, 0.3) is 0 Å². The zero-order valence-corrected chi connectivity index (χ0v) is 8.56. The number of aromatic nitrogens is 2. The van der Waals surface area contributed by atoms with Crippen LogP contribution in [0.2, 0.25) is 0 Å². The maximum Gasteiger partial charge on any atom is 0.333 e. The number of phenols is 1. The van der Waals surface area contributed by atoms with E-state index in [0.717, 1.165) is 0 Å². The van der Waals surface area contributed by atoms with Crippen molar-refractivity contribution in [2.75, 3.05) is 0 Å². The Bertz CT molecular complexity index is 508. The minimum atomic E-state index is -3.30. The van der Waals surface area contributed by atoms with Gasteiger partial charge in [0.1, 0.15) is 5.75 Å². The van der Waals surface area contributed by atoms with Crippen molar-refractivity contribution in [3.05, 3.63) is 48.0 Å². The number of alkyl halides is 2. The summed E-state index contributed by atoms with van der Waals surface area (Å²) in [4.78, 5) is 3.61. The molecular formula is C11H10F2N2O. The fourth-order valence-corrected chi connectivity index (χ4v) is 1.53. The quantitative estimate of drug-likeness (QED) is 0.849. The number of rotatable bonds is 2. The molecule has 0 aliphatic heterocycles. The van der Waals surface area contributed by atoms with Gasteiger partial charge in [0, 0.05) is 19.4 Å². The minimum absolute atomic E-state index is 0.394. The Morgan fingerprint density at radius 3 is 2.56 bits per heavy atom. The molecule has 1 aromatic heterocycles. The first-order chi connectivity index (χ1) is 7.53. The maximum atomic E-state index is 14.0. The molecule has 5 heteroatoms. The number of nitrogens with zero attached hydrogens (tertiary/aromatic N) is 2. The van der Waals surface area contributed by atoms with Gasteiger partial charge in [-0.15, -0.1) is 0 Å². The predicted octanol–water partition coefficient (Wildman–Crippen LogP) is 2.27. The number of halogens is 2. The second kappa shape index (κ2) is 3.59. The van der Waals surface area contributed by atoms with Crippen molar-refractivity contribution in [1.82, 2.24) is 9.55 Å². The lowest BCUT2D eigenvalue weighted by Gasteiger charge is -2.17. The van der Waals surface area contributed by atoms with Crippen LogP contribution in [0.1, 0.15) is 11.4 Å². The molecule has 84 valence electrons. The third kappa shape index (κ3) is 1.54. The second-order valence-electron chi connectivity index (χ2n) is 3.45. The summed E-state index contributed by atoms with van der Waals surface area (Å²) in [6, 6.07) is 5.36. The standard InChI is InChI=1S/C11H10F2N2O/c1-15-7-6-14-10(15)11(12,13)8-4-2-3-5-9(8)16/h2-7,16H,1H3. The molecule has 0 spiro atoms. The van der Waals surface area contributed by atoms with Crippen molar-refractivity contribution in [1.29, 1.82) is 0 Å². The molecule has 1 heterocycles. The van der Waals surface area contributed by atoms with E-state index in [-0.39, 0.29) is 0 Å². The number of hydrogen-bond acceptors (Lipinski definition) is 2. The highest BCUT2D eigenvalue weighted by Crippen LogP contribution is 2.38. The molecule has 0 amide bonds. The average molecular weight is 224 g/mol. The molecule has 0 bridgehead atoms. The summed E-state index contributed by atoms with van der Waals surface area (Å²) in [7, 11) is 1.48. The van der Waals surface area contributed by atoms with Crippen LogP contribution in [0.3, 0.4) is 0 Å². The molecule has 0 unspecified atom stereocenters. The first kappa shape index (κ1) is 10.6. The van der Waals surface area contributed by atoms with Crippen LogP contribution in [0, 0.1) is 0 Å². The van der Waals surface area contributed by atoms with Crippen LogP contribution in [-0.4, -0.2) is 14.7 Å². The van der Waals surface area contributed by atoms with E-state index in [4.69, 9.17) is 0 Å². The molecule has 2 rings (SSSR count). The van der Waals surface area contributed by atoms with E-state index in [0.29, 0.717) is 0 Å². The molecule has 0 atom stereocenters. The molecule has 0 radical (unpaired) electrons. The van der Waals surface area contributed by atoms with E-state index in [1.165, 1.54) is 48.3 Å². The zero-order valence-electron chi connectivity index (χ0n) is 8.56. The first-order valence-electron chi connectivity index (χ1n) is 4.67. The van der Waals surface area contributed by atoms with Crippen LogP contribution in [0.4, 0.5) is 8.78 Å². The van der Waals surface area contributed by atoms with E-state index in [2.05, 4.69) is 4.98 Å². The SMILES string of the molecule is Cn1ccnc1C(F)(F)c1ccccc1O. The fourth-order valence-electron chi connectivity index (χ4n) is 1.53. The van der Waals surface area contributed by atoms with Gasteiger partial charge in [0.05, 0.1) is 5.56 Å². The van der Waals surface area contributed by atoms with Gasteiger partial charge >= 0.3 is 5.92 Å². The largest absolute Gasteiger partial charge is 0.507 e. The molecule has 0 saturated carbocycles. The summed E-state index contributed by atoms with van der Waals surface area (Å²) in [6.07, 6.45) is 2.73. The summed E-state index contributed by atoms with van der Waals surface area (Å²) in [5.74, 6) is -4.13. The highest BCUT2D eigenvalue weighted by Gasteiger charge is 2.40. The van der Waals surface area contributed by atoms with Crippen LogP contribution in [-0.2, 0) is 13.0 Å². The highest BCUT2D eigenvalue weighted by atomic mass is 19.3. The average Bonchev–Trinajstić information content (AvgIpc) is 2.65. The van der Waals surface area contributed by atoms with Gasteiger partial charge in [0.2, 0.25) is 0 Å². The van der Waals surface area contributed by atoms with Gasteiger partial charge in [-0.2, -0.15) is 8.78 Å². The van der Waals surface area contributed by atoms with E-state index < -0.39 is 23.1 Å². The number of aromatic hydroxyl groups is 1. The predicted molar refractivity (Wildman–Crippen MR) is 54.3 cm³/mol. The highest BCUT2D eigenvalue weighted by molar-refractivity contribution is 5.38. The molecule has 1 N–H and O–H groups in total. The Labute approximate surface area is 91.0 Å². The molecule has 0 saturated heterocycles. The number of para-hydroxylation sites is 1. The summed E-state index contributed by atoms with van der Waals surface area (Å²) in [5, 5.41) is 9.42. The molecule has 2 aromatic rings. The molecule has 0 aliphatic carbocycles. The van der Waals surface area contributed by atoms with E-state index >= 15 is 0 Å². The van der Waals surface area contributed by atoms with Crippen molar-refractivity contribution >= 4 is 0 Å². The molecule has 3 nitrogen and oxygen atoms in total. The number of hydrogen-bond donors (Lipinski definition) is 1. The topological polar surface area (TPSA) is 38.0 Å². The second-order valence-corrected chi connectivity index (χ2v) is 3.45. The molecule has 16 heavy (non-hydrogen) atoms. The Morgan fingerprint density at radius 2 is 2.00 bits per heavy atom. The smallest absolute Gasteiger partial charge is 0.333 e. The van der Waals surface area contributed by atoms with Gasteiger partial charge in [-0.05, 0) is 12.1 Å². The zero-order chi connectivity index (χ0) is 11.8. The Hall–Kier alpha value is -1.91. The summed E-state index contributed by atoms with van der Waals surface area (Å²) in [5.41, 5.74) is -0.440. The summed E-state index contributed by atoms with van der Waals surface area (Å²) >= 11 is 0. The van der Waals surface area contributed by atoms with Crippen LogP contribution < -0.4 is 0 Å². The van der Waals surface area contributed by atoms with Crippen molar-refractivity contribution < 1.29 is 13.9 Å². The number of benzene rings is 1. The number of phenolic OH excluding ortho intramolecular Hbond substituents is 1. The van der Waals surface area contributed by atoms with Gasteiger partial charge in [-0.3, -0.25) is 0 Å². The van der Waals surface area contributed by atoms with Gasteiger partial charge in [-0.1, -0.05) is 12.1 Å². The third-order valence-electron chi connectivity index (χ3n) is 2.34. The van der Waals surface area contributed by atoms with E-state index in [1.54, 1.807) is 0 Å².